The van der Waals surface area contributed by atoms with Gasteiger partial charge in [-0.05, 0) is 60.9 Å². The van der Waals surface area contributed by atoms with Crippen LogP contribution in [-0.4, -0.2) is 28.9 Å². The average molecular weight is 414 g/mol. The molecule has 7 heteroatoms. The van der Waals surface area contributed by atoms with Crippen molar-refractivity contribution in [3.63, 3.8) is 0 Å². The summed E-state index contributed by atoms with van der Waals surface area (Å²) in [6, 6.07) is 18.2. The first kappa shape index (κ1) is 20.2. The van der Waals surface area contributed by atoms with Crippen molar-refractivity contribution >= 4 is 5.91 Å². The number of likely N-dealkylation sites (tertiary alicyclic amines) is 1. The molecule has 0 bridgehead atoms. The van der Waals surface area contributed by atoms with E-state index in [-0.39, 0.29) is 17.4 Å². The number of pyridine rings is 1. The van der Waals surface area contributed by atoms with Crippen molar-refractivity contribution in [2.45, 2.75) is 18.8 Å². The van der Waals surface area contributed by atoms with Crippen molar-refractivity contribution in [3.05, 3.63) is 78.0 Å². The number of piperidine rings is 1. The van der Waals surface area contributed by atoms with Gasteiger partial charge in [0.05, 0.1) is 0 Å². The van der Waals surface area contributed by atoms with Crippen molar-refractivity contribution in [1.82, 2.24) is 9.88 Å². The van der Waals surface area contributed by atoms with Gasteiger partial charge >= 0.3 is 0 Å². The highest BCUT2D eigenvalue weighted by atomic mass is 16.5. The normalized spacial score (nSPS) is 15.7. The summed E-state index contributed by atoms with van der Waals surface area (Å²) in [6.07, 6.45) is 5.73. The van der Waals surface area contributed by atoms with Crippen LogP contribution in [0, 0.1) is 11.5 Å². The van der Waals surface area contributed by atoms with Gasteiger partial charge in [0, 0.05) is 25.2 Å². The molecule has 1 aromatic heterocycles. The molecule has 0 unspecified atom stereocenters. The molecule has 0 spiro atoms. The topological polar surface area (TPSA) is 101 Å². The number of benzene rings is 2. The Bertz CT molecular complexity index is 1090. The summed E-state index contributed by atoms with van der Waals surface area (Å²) in [5.74, 6) is 1.58. The van der Waals surface area contributed by atoms with Crippen LogP contribution in [0.1, 0.15) is 34.7 Å². The first-order valence-corrected chi connectivity index (χ1v) is 10.1. The molecular formula is C24H22N4O3. The third-order valence-electron chi connectivity index (χ3n) is 5.19. The van der Waals surface area contributed by atoms with Crippen molar-refractivity contribution in [2.24, 2.45) is 5.73 Å². The Morgan fingerprint density at radius 1 is 1.06 bits per heavy atom. The molecule has 7 nitrogen and oxygen atoms in total. The van der Waals surface area contributed by atoms with Gasteiger partial charge in [-0.15, -0.1) is 0 Å². The third kappa shape index (κ3) is 4.93. The molecule has 1 amide bonds. The number of carbonyl (C=O) groups excluding carboxylic acids is 1. The van der Waals surface area contributed by atoms with Gasteiger partial charge in [0.15, 0.2) is 6.19 Å². The van der Waals surface area contributed by atoms with Gasteiger partial charge in [0.2, 0.25) is 5.88 Å². The fraction of sp³-hybridized carbons (Fsp3) is 0.208. The smallest absolute Gasteiger partial charge is 0.254 e. The summed E-state index contributed by atoms with van der Waals surface area (Å²) < 4.78 is 11.6. The van der Waals surface area contributed by atoms with Crippen molar-refractivity contribution in [1.29, 1.82) is 5.26 Å². The van der Waals surface area contributed by atoms with E-state index in [2.05, 4.69) is 11.2 Å². The molecule has 0 saturated carbocycles. The minimum atomic E-state index is -0.610. The minimum absolute atomic E-state index is 0.127. The number of nitrogens with two attached hydrogens (primary N) is 1. The largest absolute Gasteiger partial charge is 0.457 e. The van der Waals surface area contributed by atoms with E-state index < -0.39 is 5.91 Å². The van der Waals surface area contributed by atoms with Gasteiger partial charge in [-0.2, -0.15) is 5.26 Å². The maximum absolute atomic E-state index is 12.0. The predicted molar refractivity (Wildman–Crippen MR) is 115 cm³/mol. The maximum Gasteiger partial charge on any atom is 0.254 e. The highest BCUT2D eigenvalue weighted by Crippen LogP contribution is 2.31. The lowest BCUT2D eigenvalue weighted by Crippen LogP contribution is -2.30. The Labute approximate surface area is 180 Å². The van der Waals surface area contributed by atoms with Crippen molar-refractivity contribution < 1.29 is 14.3 Å². The summed E-state index contributed by atoms with van der Waals surface area (Å²) >= 11 is 0. The van der Waals surface area contributed by atoms with Crippen LogP contribution in [0.3, 0.4) is 0 Å². The lowest BCUT2D eigenvalue weighted by atomic mass is 9.91. The molecule has 4 rings (SSSR count). The monoisotopic (exact) mass is 414 g/mol. The van der Waals surface area contributed by atoms with Crippen LogP contribution in [0.15, 0.2) is 66.9 Å². The molecule has 156 valence electrons. The summed E-state index contributed by atoms with van der Waals surface area (Å²) in [5, 5.41) is 9.17. The third-order valence-corrected chi connectivity index (χ3v) is 5.19. The number of amides is 1. The Hall–Kier alpha value is -4.05. The molecule has 2 N–H and O–H groups in total. The number of hydrogen-bond donors (Lipinski definition) is 1. The zero-order valence-corrected chi connectivity index (χ0v) is 16.9. The maximum atomic E-state index is 12.0. The van der Waals surface area contributed by atoms with Gasteiger partial charge < -0.3 is 20.1 Å². The highest BCUT2D eigenvalue weighted by Gasteiger charge is 2.23. The number of carbonyl (C=O) groups is 1. The van der Waals surface area contributed by atoms with E-state index in [0.29, 0.717) is 18.0 Å². The van der Waals surface area contributed by atoms with Crippen LogP contribution < -0.4 is 15.2 Å². The van der Waals surface area contributed by atoms with Crippen molar-refractivity contribution in [2.75, 3.05) is 13.1 Å². The van der Waals surface area contributed by atoms with Crippen LogP contribution in [0.2, 0.25) is 0 Å². The second kappa shape index (κ2) is 9.18. The van der Waals surface area contributed by atoms with Crippen LogP contribution >= 0.6 is 0 Å². The van der Waals surface area contributed by atoms with Crippen LogP contribution in [0.4, 0.5) is 0 Å². The van der Waals surface area contributed by atoms with Gasteiger partial charge in [-0.25, -0.2) is 4.98 Å². The average Bonchev–Trinajstić information content (AvgIpc) is 2.81. The Morgan fingerprint density at radius 3 is 2.42 bits per heavy atom. The second-order valence-electron chi connectivity index (χ2n) is 7.36. The molecule has 1 aliphatic heterocycles. The van der Waals surface area contributed by atoms with Gasteiger partial charge in [-0.1, -0.05) is 18.2 Å². The fourth-order valence-corrected chi connectivity index (χ4v) is 3.60. The van der Waals surface area contributed by atoms with Crippen molar-refractivity contribution in [3.8, 4) is 29.3 Å². The summed E-state index contributed by atoms with van der Waals surface area (Å²) in [4.78, 5) is 18.1. The highest BCUT2D eigenvalue weighted by molar-refractivity contribution is 5.95. The number of ether oxygens (including phenoxy) is 2. The molecular weight excluding hydrogens is 392 g/mol. The number of hydrogen-bond acceptors (Lipinski definition) is 6. The van der Waals surface area contributed by atoms with Crippen LogP contribution in [-0.2, 0) is 0 Å². The number of primary amides is 1. The van der Waals surface area contributed by atoms with E-state index >= 15 is 0 Å². The van der Waals surface area contributed by atoms with E-state index in [9.17, 15) is 4.79 Å². The molecule has 31 heavy (non-hydrogen) atoms. The SMILES string of the molecule is N#CN1CCC[C@H](c2cnc(Oc3ccc(Oc4ccccc4)cc3)c(C(N)=O)c2)C1. The summed E-state index contributed by atoms with van der Waals surface area (Å²) in [7, 11) is 0. The standard InChI is InChI=1S/C24H22N4O3/c25-16-28-12-4-5-17(15-28)18-13-22(23(26)29)24(27-14-18)31-21-10-8-20(9-11-21)30-19-6-2-1-3-7-19/h1-3,6-11,13-14,17H,4-5,12,15H2,(H2,26,29)/t17-/m0/s1. The van der Waals surface area contributed by atoms with E-state index in [1.165, 1.54) is 0 Å². The second-order valence-corrected chi connectivity index (χ2v) is 7.36. The molecule has 1 saturated heterocycles. The first-order chi connectivity index (χ1) is 15.1. The quantitative estimate of drug-likeness (QED) is 0.599. The number of nitrogens with zero attached hydrogens (tertiary/aromatic N) is 3. The Kier molecular flexibility index (Phi) is 5.99. The summed E-state index contributed by atoms with van der Waals surface area (Å²) in [5.41, 5.74) is 6.69. The molecule has 2 aromatic carbocycles. The molecule has 0 aliphatic carbocycles. The molecule has 3 aromatic rings. The molecule has 1 aliphatic rings. The molecule has 1 atom stereocenters. The first-order valence-electron chi connectivity index (χ1n) is 10.1. The van der Waals surface area contributed by atoms with E-state index in [0.717, 1.165) is 30.7 Å². The van der Waals surface area contributed by atoms with Gasteiger partial charge in [0.25, 0.3) is 5.91 Å². The number of para-hydroxylation sites is 1. The number of aromatic nitrogens is 1. The van der Waals surface area contributed by atoms with E-state index in [1.54, 1.807) is 41.4 Å². The van der Waals surface area contributed by atoms with Gasteiger partial charge in [0.1, 0.15) is 22.8 Å². The van der Waals surface area contributed by atoms with Crippen LogP contribution in [0.5, 0.6) is 23.1 Å². The summed E-state index contributed by atoms with van der Waals surface area (Å²) in [6.45, 7) is 1.37. The molecule has 2 heterocycles. The Balaban J connectivity index is 1.50. The lowest BCUT2D eigenvalue weighted by molar-refractivity contribution is 0.0997. The van der Waals surface area contributed by atoms with E-state index in [1.807, 2.05) is 30.3 Å². The zero-order chi connectivity index (χ0) is 21.6. The molecule has 0 radical (unpaired) electrons. The Morgan fingerprint density at radius 2 is 1.74 bits per heavy atom. The van der Waals surface area contributed by atoms with Gasteiger partial charge in [-0.3, -0.25) is 4.79 Å². The molecule has 1 fully saturated rings. The van der Waals surface area contributed by atoms with Crippen LogP contribution in [0.25, 0.3) is 0 Å². The van der Waals surface area contributed by atoms with E-state index in [4.69, 9.17) is 20.5 Å². The zero-order valence-electron chi connectivity index (χ0n) is 16.9. The predicted octanol–water partition coefficient (Wildman–Crippen LogP) is 4.43. The fourth-order valence-electron chi connectivity index (χ4n) is 3.60. The number of nitriles is 1. The lowest BCUT2D eigenvalue weighted by Gasteiger charge is -2.29. The minimum Gasteiger partial charge on any atom is -0.457 e. The number of rotatable bonds is 6.